The molecule has 1 unspecified atom stereocenters. The molecule has 2 rings (SSSR count). The number of H-pyrrole nitrogens is 1. The van der Waals surface area contributed by atoms with Crippen LogP contribution in [0.15, 0.2) is 42.6 Å². The topological polar surface area (TPSA) is 113 Å². The number of carbonyl (C=O) groups is 2. The molecule has 3 amide bonds. The molecular weight excluding hydrogens is 246 g/mol. The average Bonchev–Trinajstić information content (AvgIpc) is 2.89. The van der Waals surface area contributed by atoms with E-state index in [-0.39, 0.29) is 0 Å². The van der Waals surface area contributed by atoms with Gasteiger partial charge in [0.2, 0.25) is 0 Å². The first kappa shape index (κ1) is 12.6. The van der Waals surface area contributed by atoms with Gasteiger partial charge < -0.3 is 16.4 Å². The van der Waals surface area contributed by atoms with Crippen molar-refractivity contribution in [1.29, 1.82) is 0 Å². The molecule has 5 N–H and O–H groups in total. The van der Waals surface area contributed by atoms with E-state index in [1.54, 1.807) is 30.3 Å². The van der Waals surface area contributed by atoms with Crippen molar-refractivity contribution in [1.82, 2.24) is 15.5 Å². The summed E-state index contributed by atoms with van der Waals surface area (Å²) in [5.41, 5.74) is 5.73. The third-order valence-electron chi connectivity index (χ3n) is 2.44. The first-order valence-corrected chi connectivity index (χ1v) is 5.58. The van der Waals surface area contributed by atoms with Gasteiger partial charge in [0.05, 0.1) is 6.20 Å². The van der Waals surface area contributed by atoms with Crippen LogP contribution in [0.1, 0.15) is 11.6 Å². The Morgan fingerprint density at radius 1 is 1.21 bits per heavy atom. The first-order chi connectivity index (χ1) is 9.16. The Labute approximate surface area is 109 Å². The van der Waals surface area contributed by atoms with E-state index >= 15 is 0 Å². The first-order valence-electron chi connectivity index (χ1n) is 5.58. The van der Waals surface area contributed by atoms with Gasteiger partial charge in [0.15, 0.2) is 0 Å². The Hall–Kier alpha value is -2.83. The summed E-state index contributed by atoms with van der Waals surface area (Å²) in [6.07, 6.45) is 1.51. The molecule has 1 aromatic heterocycles. The predicted molar refractivity (Wildman–Crippen MR) is 69.1 cm³/mol. The molecule has 1 heterocycles. The summed E-state index contributed by atoms with van der Waals surface area (Å²) < 4.78 is 0. The van der Waals surface area contributed by atoms with Gasteiger partial charge in [0.1, 0.15) is 11.9 Å². The Bertz CT molecular complexity index is 553. The number of nitrogens with one attached hydrogen (secondary N) is 3. The Morgan fingerprint density at radius 3 is 2.53 bits per heavy atom. The number of benzene rings is 1. The number of primary amides is 1. The number of nitrogens with two attached hydrogens (primary N) is 1. The maximum atomic E-state index is 12.1. The highest BCUT2D eigenvalue weighted by Crippen LogP contribution is 2.14. The van der Waals surface area contributed by atoms with Crippen molar-refractivity contribution in [2.75, 3.05) is 5.32 Å². The van der Waals surface area contributed by atoms with E-state index in [1.807, 2.05) is 6.07 Å². The number of anilines is 1. The highest BCUT2D eigenvalue weighted by atomic mass is 16.2. The van der Waals surface area contributed by atoms with Gasteiger partial charge in [-0.1, -0.05) is 30.3 Å². The molecule has 2 aromatic rings. The lowest BCUT2D eigenvalue weighted by Crippen LogP contribution is -2.39. The summed E-state index contributed by atoms with van der Waals surface area (Å²) in [7, 11) is 0. The molecule has 1 atom stereocenters. The number of urea groups is 1. The maximum Gasteiger partial charge on any atom is 0.313 e. The van der Waals surface area contributed by atoms with Gasteiger partial charge in [-0.05, 0) is 5.56 Å². The number of rotatable bonds is 4. The van der Waals surface area contributed by atoms with E-state index < -0.39 is 18.0 Å². The molecule has 0 fully saturated rings. The fraction of sp³-hybridized carbons (Fsp3) is 0.0833. The van der Waals surface area contributed by atoms with Gasteiger partial charge in [-0.25, -0.2) is 4.79 Å². The fourth-order valence-corrected chi connectivity index (χ4v) is 1.62. The van der Waals surface area contributed by atoms with Gasteiger partial charge >= 0.3 is 6.03 Å². The minimum Gasteiger partial charge on any atom is -0.352 e. The summed E-state index contributed by atoms with van der Waals surface area (Å²) in [6, 6.07) is 8.79. The third kappa shape index (κ3) is 3.32. The second-order valence-corrected chi connectivity index (χ2v) is 3.81. The molecule has 0 radical (unpaired) electrons. The molecule has 7 heteroatoms. The highest BCUT2D eigenvalue weighted by molar-refractivity contribution is 5.96. The van der Waals surface area contributed by atoms with Crippen LogP contribution in [-0.2, 0) is 4.79 Å². The zero-order valence-electron chi connectivity index (χ0n) is 9.96. The molecule has 0 aliphatic carbocycles. The molecule has 7 nitrogen and oxygen atoms in total. The van der Waals surface area contributed by atoms with Gasteiger partial charge in [0.25, 0.3) is 5.91 Å². The number of amides is 3. The maximum absolute atomic E-state index is 12.1. The zero-order chi connectivity index (χ0) is 13.7. The number of carbonyl (C=O) groups excluding carboxylic acids is 2. The van der Waals surface area contributed by atoms with Crippen LogP contribution in [0.5, 0.6) is 0 Å². The van der Waals surface area contributed by atoms with Crippen molar-refractivity contribution in [3.05, 3.63) is 48.2 Å². The largest absolute Gasteiger partial charge is 0.352 e. The van der Waals surface area contributed by atoms with Gasteiger partial charge in [-0.15, -0.1) is 0 Å². The number of hydrogen-bond donors (Lipinski definition) is 4. The zero-order valence-corrected chi connectivity index (χ0v) is 9.96. The minimum atomic E-state index is -0.859. The number of nitrogens with zero attached hydrogens (tertiary/aromatic N) is 1. The Kier molecular flexibility index (Phi) is 3.77. The van der Waals surface area contributed by atoms with Crippen molar-refractivity contribution in [3.8, 4) is 0 Å². The van der Waals surface area contributed by atoms with Crippen LogP contribution in [0.25, 0.3) is 0 Å². The molecule has 0 bridgehead atoms. The van der Waals surface area contributed by atoms with Crippen LogP contribution < -0.4 is 16.4 Å². The summed E-state index contributed by atoms with van der Waals surface area (Å²) in [4.78, 5) is 23.1. The Balaban J connectivity index is 2.18. The molecular formula is C12H13N5O2. The normalized spacial score (nSPS) is 11.6. The monoisotopic (exact) mass is 259 g/mol. The van der Waals surface area contributed by atoms with Crippen LogP contribution in [0.4, 0.5) is 10.6 Å². The van der Waals surface area contributed by atoms with E-state index in [9.17, 15) is 9.59 Å². The average molecular weight is 259 g/mol. The lowest BCUT2D eigenvalue weighted by molar-refractivity contribution is -0.118. The van der Waals surface area contributed by atoms with Crippen LogP contribution in [-0.4, -0.2) is 22.1 Å². The summed E-state index contributed by atoms with van der Waals surface area (Å²) in [6.45, 7) is 0. The van der Waals surface area contributed by atoms with Crippen molar-refractivity contribution < 1.29 is 9.59 Å². The second-order valence-electron chi connectivity index (χ2n) is 3.81. The second kappa shape index (κ2) is 5.67. The number of hydrogen-bond acceptors (Lipinski definition) is 3. The van der Waals surface area contributed by atoms with Gasteiger partial charge in [0, 0.05) is 6.07 Å². The molecule has 0 aliphatic heterocycles. The standard InChI is InChI=1S/C12H13N5O2/c13-12(19)16-10(8-4-2-1-3-5-8)11(18)15-9-6-7-14-17-9/h1-7,10H,(H3,13,16,19)(H2,14,15,17,18). The molecule has 0 spiro atoms. The lowest BCUT2D eigenvalue weighted by atomic mass is 10.1. The third-order valence-corrected chi connectivity index (χ3v) is 2.44. The predicted octanol–water partition coefficient (Wildman–Crippen LogP) is 0.758. The molecule has 98 valence electrons. The minimum absolute atomic E-state index is 0.408. The van der Waals surface area contributed by atoms with Gasteiger partial charge in [-0.3, -0.25) is 9.89 Å². The number of aromatic amines is 1. The quantitative estimate of drug-likeness (QED) is 0.650. The van der Waals surface area contributed by atoms with Crippen molar-refractivity contribution in [2.24, 2.45) is 5.73 Å². The molecule has 0 saturated carbocycles. The van der Waals surface area contributed by atoms with E-state index in [0.29, 0.717) is 11.4 Å². The van der Waals surface area contributed by atoms with Crippen LogP contribution in [0.2, 0.25) is 0 Å². The fourth-order valence-electron chi connectivity index (χ4n) is 1.62. The van der Waals surface area contributed by atoms with Crippen LogP contribution in [0, 0.1) is 0 Å². The molecule has 0 saturated heterocycles. The van der Waals surface area contributed by atoms with Gasteiger partial charge in [-0.2, -0.15) is 5.10 Å². The lowest BCUT2D eigenvalue weighted by Gasteiger charge is -2.16. The van der Waals surface area contributed by atoms with E-state index in [1.165, 1.54) is 6.20 Å². The van der Waals surface area contributed by atoms with Crippen molar-refractivity contribution in [2.45, 2.75) is 6.04 Å². The van der Waals surface area contributed by atoms with Crippen LogP contribution >= 0.6 is 0 Å². The molecule has 1 aromatic carbocycles. The van der Waals surface area contributed by atoms with Crippen molar-refractivity contribution >= 4 is 17.8 Å². The smallest absolute Gasteiger partial charge is 0.313 e. The SMILES string of the molecule is NC(=O)NC(C(=O)Nc1ccn[nH]1)c1ccccc1. The summed E-state index contributed by atoms with van der Waals surface area (Å²) in [5, 5.41) is 11.3. The summed E-state index contributed by atoms with van der Waals surface area (Å²) in [5.74, 6) is 0.0338. The number of aromatic nitrogens is 2. The molecule has 19 heavy (non-hydrogen) atoms. The summed E-state index contributed by atoms with van der Waals surface area (Å²) >= 11 is 0. The van der Waals surface area contributed by atoms with E-state index in [4.69, 9.17) is 5.73 Å². The van der Waals surface area contributed by atoms with E-state index in [0.717, 1.165) is 0 Å². The van der Waals surface area contributed by atoms with Crippen molar-refractivity contribution in [3.63, 3.8) is 0 Å². The molecule has 0 aliphatic rings. The van der Waals surface area contributed by atoms with Crippen LogP contribution in [0.3, 0.4) is 0 Å². The Morgan fingerprint density at radius 2 is 1.95 bits per heavy atom. The highest BCUT2D eigenvalue weighted by Gasteiger charge is 2.21. The van der Waals surface area contributed by atoms with E-state index in [2.05, 4.69) is 20.8 Å².